The fourth-order valence-electron chi connectivity index (χ4n) is 2.96. The van der Waals surface area contributed by atoms with Gasteiger partial charge in [-0.05, 0) is 25.0 Å². The van der Waals surface area contributed by atoms with Crippen LogP contribution in [0.1, 0.15) is 25.7 Å². The molecule has 1 amide bonds. The summed E-state index contributed by atoms with van der Waals surface area (Å²) in [4.78, 5) is 12.3. The first kappa shape index (κ1) is 16.0. The Kier molecular flexibility index (Phi) is 4.98. The summed E-state index contributed by atoms with van der Waals surface area (Å²) in [6, 6.07) is 9.22. The topological polar surface area (TPSA) is 67.2 Å². The predicted molar refractivity (Wildman–Crippen MR) is 90.3 cm³/mol. The Labute approximate surface area is 140 Å². The van der Waals surface area contributed by atoms with Crippen molar-refractivity contribution in [2.75, 3.05) is 11.9 Å². The number of rotatable bonds is 5. The van der Waals surface area contributed by atoms with Gasteiger partial charge in [-0.25, -0.2) is 4.68 Å². The number of hydrogen-bond acceptors (Lipinski definition) is 3. The van der Waals surface area contributed by atoms with Gasteiger partial charge in [-0.2, -0.15) is 5.10 Å². The van der Waals surface area contributed by atoms with Crippen molar-refractivity contribution in [3.05, 3.63) is 35.4 Å². The Hall–Kier alpha value is -1.85. The van der Waals surface area contributed by atoms with Crippen molar-refractivity contribution in [3.63, 3.8) is 0 Å². The molecule has 5 nitrogen and oxygen atoms in total. The molecule has 0 aliphatic heterocycles. The standard InChI is InChI=1S/C17H20ClN3O2/c18-14-7-5-12(6-8-14)15-11-16(21(20-15)9-10-22)19-17(23)13-3-1-2-4-13/h5-8,11,13,22H,1-4,9-10H2,(H,19,23). The van der Waals surface area contributed by atoms with Crippen LogP contribution in [0, 0.1) is 5.92 Å². The van der Waals surface area contributed by atoms with Gasteiger partial charge in [-0.3, -0.25) is 4.79 Å². The van der Waals surface area contributed by atoms with E-state index < -0.39 is 0 Å². The molecule has 0 saturated heterocycles. The SMILES string of the molecule is O=C(Nc1cc(-c2ccc(Cl)cc2)nn1CCO)C1CCCC1. The highest BCUT2D eigenvalue weighted by Gasteiger charge is 2.24. The van der Waals surface area contributed by atoms with Gasteiger partial charge in [0.05, 0.1) is 18.8 Å². The van der Waals surface area contributed by atoms with Gasteiger partial charge in [0.15, 0.2) is 0 Å². The van der Waals surface area contributed by atoms with Crippen molar-refractivity contribution in [2.45, 2.75) is 32.2 Å². The lowest BCUT2D eigenvalue weighted by atomic mass is 10.1. The van der Waals surface area contributed by atoms with Gasteiger partial charge in [0.1, 0.15) is 5.82 Å². The monoisotopic (exact) mass is 333 g/mol. The fraction of sp³-hybridized carbons (Fsp3) is 0.412. The minimum atomic E-state index is -0.0337. The number of carbonyl (C=O) groups excluding carboxylic acids is 1. The first-order valence-electron chi connectivity index (χ1n) is 7.93. The number of carbonyl (C=O) groups is 1. The van der Waals surface area contributed by atoms with Crippen molar-refractivity contribution < 1.29 is 9.90 Å². The third kappa shape index (κ3) is 3.74. The molecule has 0 radical (unpaired) electrons. The van der Waals surface area contributed by atoms with Crippen LogP contribution in [-0.4, -0.2) is 27.4 Å². The lowest BCUT2D eigenvalue weighted by molar-refractivity contribution is -0.119. The number of nitrogens with one attached hydrogen (secondary N) is 1. The summed E-state index contributed by atoms with van der Waals surface area (Å²) in [5.41, 5.74) is 1.67. The molecule has 2 N–H and O–H groups in total. The Morgan fingerprint density at radius 1 is 1.30 bits per heavy atom. The molecular formula is C17H20ClN3O2. The van der Waals surface area contributed by atoms with Gasteiger partial charge < -0.3 is 10.4 Å². The van der Waals surface area contributed by atoms with Crippen LogP contribution in [0.4, 0.5) is 5.82 Å². The third-order valence-electron chi connectivity index (χ3n) is 4.21. The highest BCUT2D eigenvalue weighted by molar-refractivity contribution is 6.30. The second-order valence-corrected chi connectivity index (χ2v) is 6.28. The Balaban J connectivity index is 1.83. The molecule has 0 atom stereocenters. The molecule has 6 heteroatoms. The lowest BCUT2D eigenvalue weighted by Crippen LogP contribution is -2.22. The third-order valence-corrected chi connectivity index (χ3v) is 4.46. The smallest absolute Gasteiger partial charge is 0.228 e. The lowest BCUT2D eigenvalue weighted by Gasteiger charge is -2.11. The van der Waals surface area contributed by atoms with E-state index in [-0.39, 0.29) is 18.4 Å². The molecule has 3 rings (SSSR count). The van der Waals surface area contributed by atoms with Gasteiger partial charge in [-0.1, -0.05) is 36.6 Å². The van der Waals surface area contributed by atoms with Gasteiger partial charge in [-0.15, -0.1) is 0 Å². The van der Waals surface area contributed by atoms with Gasteiger partial charge in [0.25, 0.3) is 0 Å². The highest BCUT2D eigenvalue weighted by Crippen LogP contribution is 2.28. The number of amides is 1. The van der Waals surface area contributed by atoms with E-state index in [4.69, 9.17) is 11.6 Å². The molecule has 1 aliphatic rings. The number of benzene rings is 1. The number of halogens is 1. The molecule has 0 spiro atoms. The van der Waals surface area contributed by atoms with Crippen LogP contribution >= 0.6 is 11.6 Å². The van der Waals surface area contributed by atoms with Crippen molar-refractivity contribution in [2.24, 2.45) is 5.92 Å². The second-order valence-electron chi connectivity index (χ2n) is 5.84. The molecule has 0 bridgehead atoms. The minimum absolute atomic E-state index is 0.0337. The van der Waals surface area contributed by atoms with Gasteiger partial charge in [0.2, 0.25) is 5.91 Å². The molecule has 1 saturated carbocycles. The molecule has 0 unspecified atom stereocenters. The van der Waals surface area contributed by atoms with Crippen LogP contribution in [0.3, 0.4) is 0 Å². The van der Waals surface area contributed by atoms with Crippen LogP contribution in [0.25, 0.3) is 11.3 Å². The van der Waals surface area contributed by atoms with Crippen molar-refractivity contribution in [3.8, 4) is 11.3 Å². The van der Waals surface area contributed by atoms with Gasteiger partial charge in [0, 0.05) is 22.6 Å². The van der Waals surface area contributed by atoms with Crippen LogP contribution in [0.5, 0.6) is 0 Å². The van der Waals surface area contributed by atoms with E-state index in [1.54, 1.807) is 16.8 Å². The summed E-state index contributed by atoms with van der Waals surface area (Å²) in [6.07, 6.45) is 4.13. The number of aromatic nitrogens is 2. The Morgan fingerprint density at radius 3 is 2.65 bits per heavy atom. The Bertz CT molecular complexity index is 676. The van der Waals surface area contributed by atoms with Crippen molar-refractivity contribution >= 4 is 23.3 Å². The normalized spacial score (nSPS) is 15.0. The molecule has 23 heavy (non-hydrogen) atoms. The second kappa shape index (κ2) is 7.15. The van der Waals surface area contributed by atoms with E-state index in [1.807, 2.05) is 18.2 Å². The summed E-state index contributed by atoms with van der Waals surface area (Å²) < 4.78 is 1.64. The maximum atomic E-state index is 12.3. The fourth-order valence-corrected chi connectivity index (χ4v) is 3.09. The van der Waals surface area contributed by atoms with E-state index in [2.05, 4.69) is 10.4 Å². The zero-order valence-electron chi connectivity index (χ0n) is 12.8. The average Bonchev–Trinajstić information content (AvgIpc) is 3.19. The van der Waals surface area contributed by atoms with Crippen LogP contribution in [0.15, 0.2) is 30.3 Å². The summed E-state index contributed by atoms with van der Waals surface area (Å²) in [5.74, 6) is 0.761. The van der Waals surface area contributed by atoms with E-state index in [9.17, 15) is 9.90 Å². The summed E-state index contributed by atoms with van der Waals surface area (Å²) in [5, 5.41) is 17.3. The summed E-state index contributed by atoms with van der Waals surface area (Å²) >= 11 is 5.91. The zero-order chi connectivity index (χ0) is 16.2. The highest BCUT2D eigenvalue weighted by atomic mass is 35.5. The van der Waals surface area contributed by atoms with E-state index in [0.717, 1.165) is 36.9 Å². The number of nitrogens with zero attached hydrogens (tertiary/aromatic N) is 2. The maximum absolute atomic E-state index is 12.3. The molecule has 1 fully saturated rings. The van der Waals surface area contributed by atoms with E-state index >= 15 is 0 Å². The van der Waals surface area contributed by atoms with Crippen LogP contribution < -0.4 is 5.32 Å². The summed E-state index contributed by atoms with van der Waals surface area (Å²) in [7, 11) is 0. The molecule has 122 valence electrons. The number of aliphatic hydroxyl groups excluding tert-OH is 1. The first-order chi connectivity index (χ1) is 11.2. The number of aliphatic hydroxyl groups is 1. The number of anilines is 1. The van der Waals surface area contributed by atoms with E-state index in [1.165, 1.54) is 0 Å². The largest absolute Gasteiger partial charge is 0.394 e. The average molecular weight is 334 g/mol. The number of hydrogen-bond donors (Lipinski definition) is 2. The molecular weight excluding hydrogens is 314 g/mol. The maximum Gasteiger partial charge on any atom is 0.228 e. The van der Waals surface area contributed by atoms with E-state index in [0.29, 0.717) is 17.4 Å². The zero-order valence-corrected chi connectivity index (χ0v) is 13.6. The van der Waals surface area contributed by atoms with Crippen LogP contribution in [-0.2, 0) is 11.3 Å². The van der Waals surface area contributed by atoms with Crippen molar-refractivity contribution in [1.82, 2.24) is 9.78 Å². The van der Waals surface area contributed by atoms with Crippen LogP contribution in [0.2, 0.25) is 5.02 Å². The molecule has 1 aliphatic carbocycles. The molecule has 1 heterocycles. The summed E-state index contributed by atoms with van der Waals surface area (Å²) in [6.45, 7) is 0.307. The quantitative estimate of drug-likeness (QED) is 0.882. The molecule has 1 aromatic carbocycles. The predicted octanol–water partition coefficient (Wildman–Crippen LogP) is 3.32. The molecule has 1 aromatic heterocycles. The van der Waals surface area contributed by atoms with Gasteiger partial charge >= 0.3 is 0 Å². The Morgan fingerprint density at radius 2 is 2.00 bits per heavy atom. The minimum Gasteiger partial charge on any atom is -0.394 e. The molecule has 2 aromatic rings. The first-order valence-corrected chi connectivity index (χ1v) is 8.30. The van der Waals surface area contributed by atoms with Crippen molar-refractivity contribution in [1.29, 1.82) is 0 Å².